The van der Waals surface area contributed by atoms with Gasteiger partial charge in [0.2, 0.25) is 0 Å². The van der Waals surface area contributed by atoms with Gasteiger partial charge >= 0.3 is 0 Å². The summed E-state index contributed by atoms with van der Waals surface area (Å²) in [5.41, 5.74) is 2.47. The molecule has 0 aromatic carbocycles. The van der Waals surface area contributed by atoms with Crippen molar-refractivity contribution in [3.63, 3.8) is 0 Å². The topological polar surface area (TPSA) is 51.2 Å². The third kappa shape index (κ3) is 4.69. The van der Waals surface area contributed by atoms with Gasteiger partial charge in [-0.25, -0.2) is 0 Å². The number of nitrogens with one attached hydrogen (secondary N) is 1. The Hall–Kier alpha value is -2.34. The van der Waals surface area contributed by atoms with E-state index in [1.165, 1.54) is 12.8 Å². The van der Waals surface area contributed by atoms with E-state index < -0.39 is 0 Å². The van der Waals surface area contributed by atoms with Gasteiger partial charge in [0.25, 0.3) is 5.91 Å². The molecule has 3 heterocycles. The highest BCUT2D eigenvalue weighted by Gasteiger charge is 2.29. The Morgan fingerprint density at radius 3 is 2.81 bits per heavy atom. The summed E-state index contributed by atoms with van der Waals surface area (Å²) in [4.78, 5) is 23.5. The molecular formula is C21H31N5O. The minimum atomic E-state index is 0.00255. The zero-order valence-corrected chi connectivity index (χ0v) is 16.4. The maximum atomic E-state index is 13.1. The van der Waals surface area contributed by atoms with Crippen molar-refractivity contribution >= 4 is 12.1 Å². The number of carbonyl (C=O) groups is 1. The number of amides is 1. The molecule has 0 aromatic heterocycles. The lowest BCUT2D eigenvalue weighted by atomic mass is 10.0. The largest absolute Gasteiger partial charge is 0.383 e. The summed E-state index contributed by atoms with van der Waals surface area (Å²) in [6, 6.07) is 0.254. The number of piperidine rings is 1. The van der Waals surface area contributed by atoms with Gasteiger partial charge in [-0.05, 0) is 45.7 Å². The highest BCUT2D eigenvalue weighted by Crippen LogP contribution is 2.21. The number of allylic oxidation sites excluding steroid dienone is 2. The van der Waals surface area contributed by atoms with E-state index in [1.54, 1.807) is 23.5 Å². The van der Waals surface area contributed by atoms with E-state index in [1.807, 2.05) is 17.9 Å². The van der Waals surface area contributed by atoms with Gasteiger partial charge < -0.3 is 15.1 Å². The van der Waals surface area contributed by atoms with Crippen molar-refractivity contribution in [2.45, 2.75) is 38.6 Å². The molecule has 3 aliphatic rings. The Balaban J connectivity index is 1.59. The Labute approximate surface area is 162 Å². The van der Waals surface area contributed by atoms with Crippen molar-refractivity contribution in [1.82, 2.24) is 20.0 Å². The van der Waals surface area contributed by atoms with Crippen LogP contribution in [0.25, 0.3) is 0 Å². The quantitative estimate of drug-likeness (QED) is 0.781. The summed E-state index contributed by atoms with van der Waals surface area (Å²) < 4.78 is 0. The van der Waals surface area contributed by atoms with Crippen molar-refractivity contribution in [3.05, 3.63) is 48.7 Å². The van der Waals surface area contributed by atoms with Crippen LogP contribution in [-0.4, -0.2) is 65.6 Å². The second-order valence-electron chi connectivity index (χ2n) is 7.38. The zero-order chi connectivity index (χ0) is 19.2. The molecule has 2 saturated heterocycles. The molecule has 1 atom stereocenters. The van der Waals surface area contributed by atoms with Crippen molar-refractivity contribution in [2.75, 3.05) is 32.7 Å². The molecule has 1 unspecified atom stereocenters. The molecule has 0 radical (unpaired) electrons. The minimum Gasteiger partial charge on any atom is -0.383 e. The predicted octanol–water partition coefficient (Wildman–Crippen LogP) is 2.45. The summed E-state index contributed by atoms with van der Waals surface area (Å²) >= 11 is 0. The van der Waals surface area contributed by atoms with E-state index in [-0.39, 0.29) is 11.9 Å². The van der Waals surface area contributed by atoms with E-state index in [0.717, 1.165) is 50.4 Å². The van der Waals surface area contributed by atoms with Crippen LogP contribution in [0, 0.1) is 0 Å². The number of likely N-dealkylation sites (tertiary alicyclic amines) is 2. The van der Waals surface area contributed by atoms with Crippen LogP contribution in [-0.2, 0) is 4.79 Å². The first-order valence-electron chi connectivity index (χ1n) is 9.89. The maximum absolute atomic E-state index is 13.1. The van der Waals surface area contributed by atoms with Crippen LogP contribution in [0.2, 0.25) is 0 Å². The molecule has 146 valence electrons. The van der Waals surface area contributed by atoms with Crippen LogP contribution in [0.1, 0.15) is 32.6 Å². The molecule has 1 amide bonds. The fourth-order valence-corrected chi connectivity index (χ4v) is 4.01. The Morgan fingerprint density at radius 2 is 2.11 bits per heavy atom. The molecule has 6 heteroatoms. The standard InChI is InChI=1S/C21H31N5O/c1-4-19-13-22-14-20(26(19)5-2)21(27)25-12-8-9-18(16-25)23-17(3)15-24-10-6-7-11-24/h4-5,13-14,18,23H,2-3,6-12,15-16H2,1H3/b19-4-. The molecule has 6 nitrogen and oxygen atoms in total. The first kappa shape index (κ1) is 19.4. The highest BCUT2D eigenvalue weighted by molar-refractivity contribution is 5.96. The molecule has 3 rings (SSSR count). The number of hydrogen-bond donors (Lipinski definition) is 1. The van der Waals surface area contributed by atoms with Crippen LogP contribution >= 0.6 is 0 Å². The van der Waals surface area contributed by atoms with Gasteiger partial charge in [0.1, 0.15) is 5.70 Å². The van der Waals surface area contributed by atoms with E-state index in [0.29, 0.717) is 12.2 Å². The molecular weight excluding hydrogens is 338 g/mol. The monoisotopic (exact) mass is 369 g/mol. The third-order valence-electron chi connectivity index (χ3n) is 5.37. The van der Waals surface area contributed by atoms with E-state index >= 15 is 0 Å². The van der Waals surface area contributed by atoms with Crippen molar-refractivity contribution < 1.29 is 4.79 Å². The number of nitrogens with zero attached hydrogens (tertiary/aromatic N) is 4. The van der Waals surface area contributed by atoms with Crippen molar-refractivity contribution in [3.8, 4) is 0 Å². The van der Waals surface area contributed by atoms with Gasteiger partial charge in [-0.1, -0.05) is 19.2 Å². The van der Waals surface area contributed by atoms with Crippen molar-refractivity contribution in [2.24, 2.45) is 4.99 Å². The SMILES string of the molecule is C=CN1C(C(=O)N2CCCC(NC(=C)CN3CCCC3)C2)=CN=C/C1=C/C. The highest BCUT2D eigenvalue weighted by atomic mass is 16.2. The van der Waals surface area contributed by atoms with Gasteiger partial charge in [0.15, 0.2) is 0 Å². The van der Waals surface area contributed by atoms with E-state index in [2.05, 4.69) is 28.4 Å². The lowest BCUT2D eigenvalue weighted by Crippen LogP contribution is -2.50. The molecule has 0 aromatic rings. The average molecular weight is 370 g/mol. The first-order valence-corrected chi connectivity index (χ1v) is 9.89. The summed E-state index contributed by atoms with van der Waals surface area (Å²) in [6.45, 7) is 14.7. The molecule has 3 aliphatic heterocycles. The third-order valence-corrected chi connectivity index (χ3v) is 5.37. The molecule has 2 fully saturated rings. The number of carbonyl (C=O) groups excluding carboxylic acids is 1. The molecule has 0 bridgehead atoms. The fourth-order valence-electron chi connectivity index (χ4n) is 4.01. The van der Waals surface area contributed by atoms with Gasteiger partial charge in [0, 0.05) is 37.6 Å². The van der Waals surface area contributed by atoms with Crippen LogP contribution in [0.3, 0.4) is 0 Å². The Morgan fingerprint density at radius 1 is 1.33 bits per heavy atom. The lowest BCUT2D eigenvalue weighted by Gasteiger charge is -2.36. The molecule has 0 aliphatic carbocycles. The normalized spacial score (nSPS) is 24.9. The summed E-state index contributed by atoms with van der Waals surface area (Å²) in [7, 11) is 0. The van der Waals surface area contributed by atoms with Gasteiger partial charge in [-0.2, -0.15) is 0 Å². The first-order chi connectivity index (χ1) is 13.1. The van der Waals surface area contributed by atoms with E-state index in [9.17, 15) is 4.79 Å². The number of aliphatic imine (C=N–C) groups is 1. The minimum absolute atomic E-state index is 0.00255. The smallest absolute Gasteiger partial charge is 0.272 e. The van der Waals surface area contributed by atoms with Crippen LogP contribution in [0.5, 0.6) is 0 Å². The summed E-state index contributed by atoms with van der Waals surface area (Å²) in [5, 5.41) is 3.55. The molecule has 27 heavy (non-hydrogen) atoms. The van der Waals surface area contributed by atoms with Gasteiger partial charge in [-0.15, -0.1) is 0 Å². The van der Waals surface area contributed by atoms with Crippen LogP contribution in [0.4, 0.5) is 0 Å². The Bertz CT molecular complexity index is 672. The fraction of sp³-hybridized carbons (Fsp3) is 0.524. The summed E-state index contributed by atoms with van der Waals surface area (Å²) in [5.74, 6) is 0.00255. The van der Waals surface area contributed by atoms with Gasteiger partial charge in [0.05, 0.1) is 18.1 Å². The second-order valence-corrected chi connectivity index (χ2v) is 7.38. The molecule has 0 spiro atoms. The Kier molecular flexibility index (Phi) is 6.50. The predicted molar refractivity (Wildman–Crippen MR) is 110 cm³/mol. The zero-order valence-electron chi connectivity index (χ0n) is 16.4. The second kappa shape index (κ2) is 9.04. The van der Waals surface area contributed by atoms with E-state index in [4.69, 9.17) is 0 Å². The number of hydrogen-bond acceptors (Lipinski definition) is 5. The summed E-state index contributed by atoms with van der Waals surface area (Å²) in [6.07, 6.45) is 11.6. The maximum Gasteiger partial charge on any atom is 0.272 e. The van der Waals surface area contributed by atoms with Crippen LogP contribution < -0.4 is 5.32 Å². The van der Waals surface area contributed by atoms with Crippen molar-refractivity contribution in [1.29, 1.82) is 0 Å². The lowest BCUT2D eigenvalue weighted by molar-refractivity contribution is -0.129. The number of rotatable bonds is 6. The molecule has 0 saturated carbocycles. The molecule has 1 N–H and O–H groups in total. The van der Waals surface area contributed by atoms with Gasteiger partial charge in [-0.3, -0.25) is 14.7 Å². The average Bonchev–Trinajstić information content (AvgIpc) is 3.19. The van der Waals surface area contributed by atoms with Crippen LogP contribution in [0.15, 0.2) is 53.7 Å².